The van der Waals surface area contributed by atoms with Crippen LogP contribution in [0.25, 0.3) is 11.2 Å². The molecule has 0 bridgehead atoms. The van der Waals surface area contributed by atoms with Gasteiger partial charge in [-0.2, -0.15) is 0 Å². The van der Waals surface area contributed by atoms with Gasteiger partial charge >= 0.3 is 11.3 Å². The lowest BCUT2D eigenvalue weighted by Gasteiger charge is -2.34. The molecule has 0 atom stereocenters. The molecule has 0 amide bonds. The number of benzene rings is 3. The maximum Gasteiger partial charge on any atom is 0.423 e. The second-order valence-corrected chi connectivity index (χ2v) is 11.1. The molecule has 0 radical (unpaired) electrons. The minimum Gasteiger partial charge on any atom is -0.414 e. The Morgan fingerprint density at radius 2 is 1.56 bits per heavy atom. The van der Waals surface area contributed by atoms with E-state index >= 15 is 0 Å². The summed E-state index contributed by atoms with van der Waals surface area (Å²) in [4.78, 5) is 46.6. The van der Waals surface area contributed by atoms with Crippen LogP contribution in [-0.2, 0) is 0 Å². The van der Waals surface area contributed by atoms with E-state index in [2.05, 4.69) is 33.9 Å². The second kappa shape index (κ2) is 10.8. The summed E-state index contributed by atoms with van der Waals surface area (Å²) in [5.74, 6) is -0.306. The van der Waals surface area contributed by atoms with E-state index in [1.54, 1.807) is 30.0 Å². The maximum absolute atomic E-state index is 13.6. The molecule has 1 saturated heterocycles. The standard InChI is InChI=1S/C30H29N3O5S/c1-31-15-17-32(18-16-31)13-4-5-14-33-22-8-2-3-10-25(22)39-26-12-11-20(19-23(26)33)27(34)21-7-6-9-24-28(21)38-30(36)29(35)37-24/h2-3,6-12,19H,4-5,13-18H2,1H3. The third-order valence-corrected chi connectivity index (χ3v) is 8.51. The van der Waals surface area contributed by atoms with Crippen LogP contribution in [0.15, 0.2) is 88.9 Å². The van der Waals surface area contributed by atoms with Gasteiger partial charge in [-0.1, -0.05) is 30.0 Å². The van der Waals surface area contributed by atoms with Crippen molar-refractivity contribution in [3.8, 4) is 0 Å². The monoisotopic (exact) mass is 543 g/mol. The highest BCUT2D eigenvalue weighted by molar-refractivity contribution is 7.99. The summed E-state index contributed by atoms with van der Waals surface area (Å²) in [6.07, 6.45) is 2.13. The SMILES string of the molecule is CN1CCN(CCCCN2c3ccccc3Sc3ccc(C(=O)c4cccc5oc(=O)c(=O)oc45)cc32)CC1. The predicted octanol–water partition coefficient (Wildman–Crippen LogP) is 4.61. The molecule has 0 aliphatic carbocycles. The topological polar surface area (TPSA) is 87.2 Å². The van der Waals surface area contributed by atoms with Crippen LogP contribution in [0.2, 0.25) is 0 Å². The maximum atomic E-state index is 13.6. The van der Waals surface area contributed by atoms with E-state index in [9.17, 15) is 14.4 Å². The molecule has 3 aromatic carbocycles. The minimum absolute atomic E-state index is 0.0229. The third-order valence-electron chi connectivity index (χ3n) is 7.38. The van der Waals surface area contributed by atoms with Crippen molar-refractivity contribution in [3.05, 3.63) is 92.6 Å². The Labute approximate surface area is 229 Å². The van der Waals surface area contributed by atoms with E-state index in [-0.39, 0.29) is 22.5 Å². The zero-order valence-electron chi connectivity index (χ0n) is 21.7. The summed E-state index contributed by atoms with van der Waals surface area (Å²) >= 11 is 1.70. The quantitative estimate of drug-likeness (QED) is 0.188. The Bertz CT molecular complexity index is 1650. The average Bonchev–Trinajstić information content (AvgIpc) is 2.95. The third kappa shape index (κ3) is 5.17. The molecule has 8 nitrogen and oxygen atoms in total. The number of hydrogen-bond acceptors (Lipinski definition) is 9. The molecule has 4 aromatic rings. The first-order chi connectivity index (χ1) is 19.0. The Hall–Kier alpha value is -3.66. The summed E-state index contributed by atoms with van der Waals surface area (Å²) in [6.45, 7) is 6.40. The van der Waals surface area contributed by atoms with Gasteiger partial charge in [-0.3, -0.25) is 4.79 Å². The predicted molar refractivity (Wildman–Crippen MR) is 152 cm³/mol. The number of nitrogens with zero attached hydrogens (tertiary/aromatic N) is 3. The molecule has 2 aliphatic rings. The Kier molecular flexibility index (Phi) is 7.12. The van der Waals surface area contributed by atoms with Gasteiger partial charge in [-0.15, -0.1) is 0 Å². The van der Waals surface area contributed by atoms with E-state index in [0.29, 0.717) is 5.56 Å². The normalized spacial score (nSPS) is 15.8. The van der Waals surface area contributed by atoms with Crippen molar-refractivity contribution in [1.29, 1.82) is 0 Å². The number of para-hydroxylation sites is 2. The lowest BCUT2D eigenvalue weighted by atomic mass is 10.0. The molecule has 0 N–H and O–H groups in total. The molecule has 1 fully saturated rings. The fourth-order valence-electron chi connectivity index (χ4n) is 5.20. The van der Waals surface area contributed by atoms with Crippen LogP contribution in [0.5, 0.6) is 0 Å². The molecule has 3 heterocycles. The molecular formula is C30H29N3O5S. The average molecular weight is 544 g/mol. The molecule has 6 rings (SSSR count). The van der Waals surface area contributed by atoms with Crippen molar-refractivity contribution in [1.82, 2.24) is 9.80 Å². The number of carbonyl (C=O) groups is 1. The van der Waals surface area contributed by atoms with Crippen LogP contribution in [0, 0.1) is 0 Å². The zero-order chi connectivity index (χ0) is 26.9. The lowest BCUT2D eigenvalue weighted by molar-refractivity contribution is 0.103. The number of likely N-dealkylation sites (N-methyl/N-ethyl adjacent to an activating group) is 1. The first kappa shape index (κ1) is 25.6. The number of fused-ring (bicyclic) bond motifs is 3. The summed E-state index contributed by atoms with van der Waals surface area (Å²) in [5, 5.41) is 0. The molecule has 39 heavy (non-hydrogen) atoms. The van der Waals surface area contributed by atoms with Crippen LogP contribution in [0.4, 0.5) is 11.4 Å². The first-order valence-electron chi connectivity index (χ1n) is 13.2. The largest absolute Gasteiger partial charge is 0.423 e. The number of anilines is 2. The highest BCUT2D eigenvalue weighted by atomic mass is 32.2. The van der Waals surface area contributed by atoms with Gasteiger partial charge in [0.05, 0.1) is 16.9 Å². The van der Waals surface area contributed by atoms with E-state index < -0.39 is 11.3 Å². The first-order valence-corrected chi connectivity index (χ1v) is 14.0. The van der Waals surface area contributed by atoms with Gasteiger partial charge in [0.25, 0.3) is 0 Å². The van der Waals surface area contributed by atoms with Crippen LogP contribution < -0.4 is 16.2 Å². The van der Waals surface area contributed by atoms with Crippen LogP contribution in [0.1, 0.15) is 28.8 Å². The molecule has 0 unspecified atom stereocenters. The Morgan fingerprint density at radius 3 is 2.41 bits per heavy atom. The van der Waals surface area contributed by atoms with Crippen molar-refractivity contribution in [3.63, 3.8) is 0 Å². The van der Waals surface area contributed by atoms with E-state index in [0.717, 1.165) is 68.4 Å². The van der Waals surface area contributed by atoms with Crippen molar-refractivity contribution in [2.75, 3.05) is 51.2 Å². The molecule has 0 saturated carbocycles. The number of ketones is 1. The zero-order valence-corrected chi connectivity index (χ0v) is 22.5. The lowest BCUT2D eigenvalue weighted by Crippen LogP contribution is -2.44. The Morgan fingerprint density at radius 1 is 0.821 bits per heavy atom. The van der Waals surface area contributed by atoms with Crippen molar-refractivity contribution >= 4 is 40.1 Å². The van der Waals surface area contributed by atoms with Gasteiger partial charge < -0.3 is 23.5 Å². The van der Waals surface area contributed by atoms with Gasteiger partial charge in [0.2, 0.25) is 0 Å². The van der Waals surface area contributed by atoms with Gasteiger partial charge in [0, 0.05) is 48.1 Å². The van der Waals surface area contributed by atoms with Crippen LogP contribution >= 0.6 is 11.8 Å². The summed E-state index contributed by atoms with van der Waals surface area (Å²) < 4.78 is 10.2. The van der Waals surface area contributed by atoms with Crippen molar-refractivity contribution < 1.29 is 13.6 Å². The van der Waals surface area contributed by atoms with Gasteiger partial charge in [0.15, 0.2) is 16.9 Å². The fraction of sp³-hybridized carbons (Fsp3) is 0.300. The second-order valence-electron chi connectivity index (χ2n) is 10.00. The van der Waals surface area contributed by atoms with Crippen molar-refractivity contribution in [2.45, 2.75) is 22.6 Å². The highest BCUT2D eigenvalue weighted by Crippen LogP contribution is 2.48. The molecule has 9 heteroatoms. The number of carbonyl (C=O) groups excluding carboxylic acids is 1. The molecular weight excluding hydrogens is 514 g/mol. The van der Waals surface area contributed by atoms with E-state index in [1.807, 2.05) is 24.3 Å². The number of rotatable bonds is 7. The minimum atomic E-state index is -1.14. The molecule has 2 aliphatic heterocycles. The van der Waals surface area contributed by atoms with Gasteiger partial charge in [-0.05, 0) is 68.9 Å². The highest BCUT2D eigenvalue weighted by Gasteiger charge is 2.25. The Balaban J connectivity index is 1.28. The number of hydrogen-bond donors (Lipinski definition) is 0. The number of piperazine rings is 1. The van der Waals surface area contributed by atoms with Crippen LogP contribution in [-0.4, -0.2) is 61.9 Å². The smallest absolute Gasteiger partial charge is 0.414 e. The molecule has 200 valence electrons. The van der Waals surface area contributed by atoms with Crippen molar-refractivity contribution in [2.24, 2.45) is 0 Å². The van der Waals surface area contributed by atoms with E-state index in [1.165, 1.54) is 11.0 Å². The summed E-state index contributed by atoms with van der Waals surface area (Å²) in [5.41, 5.74) is 0.576. The van der Waals surface area contributed by atoms with E-state index in [4.69, 9.17) is 8.83 Å². The van der Waals surface area contributed by atoms with Crippen LogP contribution in [0.3, 0.4) is 0 Å². The molecule has 0 spiro atoms. The summed E-state index contributed by atoms with van der Waals surface area (Å²) in [7, 11) is 2.17. The number of unbranched alkanes of at least 4 members (excludes halogenated alkanes) is 1. The fourth-order valence-corrected chi connectivity index (χ4v) is 6.28. The summed E-state index contributed by atoms with van der Waals surface area (Å²) in [6, 6.07) is 18.7. The van der Waals surface area contributed by atoms with Gasteiger partial charge in [0.1, 0.15) is 0 Å². The molecule has 1 aromatic heterocycles. The van der Waals surface area contributed by atoms with Gasteiger partial charge in [-0.25, -0.2) is 9.59 Å².